The number of piperidine rings is 1. The van der Waals surface area contributed by atoms with Gasteiger partial charge in [0, 0.05) is 24.4 Å². The second-order valence-corrected chi connectivity index (χ2v) is 6.11. The predicted molar refractivity (Wildman–Crippen MR) is 72.9 cm³/mol. The van der Waals surface area contributed by atoms with Crippen LogP contribution in [0.5, 0.6) is 0 Å². The molecule has 104 valence electrons. The largest absolute Gasteiger partial charge is 0.481 e. The van der Waals surface area contributed by atoms with Crippen LogP contribution < -0.4 is 5.32 Å². The number of rotatable bonds is 4. The summed E-state index contributed by atoms with van der Waals surface area (Å²) in [6.07, 6.45) is 3.10. The van der Waals surface area contributed by atoms with Crippen molar-refractivity contribution >= 4 is 23.8 Å². The molecule has 0 radical (unpaired) electrons. The molecule has 6 heteroatoms. The lowest BCUT2D eigenvalue weighted by Gasteiger charge is -2.36. The van der Waals surface area contributed by atoms with Crippen molar-refractivity contribution in [1.29, 1.82) is 0 Å². The number of carbonyl (C=O) groups is 2. The highest BCUT2D eigenvalue weighted by Gasteiger charge is 2.32. The summed E-state index contributed by atoms with van der Waals surface area (Å²) in [4.78, 5) is 24.6. The van der Waals surface area contributed by atoms with Crippen molar-refractivity contribution in [2.45, 2.75) is 38.0 Å². The molecular weight excluding hydrogens is 252 g/mol. The first kappa shape index (κ1) is 15.1. The van der Waals surface area contributed by atoms with Gasteiger partial charge in [0.1, 0.15) is 0 Å². The third-order valence-corrected chi connectivity index (χ3v) is 4.40. The van der Waals surface area contributed by atoms with E-state index >= 15 is 0 Å². The zero-order chi connectivity index (χ0) is 13.7. The molecule has 0 saturated carbocycles. The van der Waals surface area contributed by atoms with Gasteiger partial charge in [-0.3, -0.25) is 4.79 Å². The fourth-order valence-corrected chi connectivity index (χ4v) is 2.36. The molecule has 0 aromatic heterocycles. The molecule has 1 rings (SSSR count). The highest BCUT2D eigenvalue weighted by molar-refractivity contribution is 7.99. The van der Waals surface area contributed by atoms with E-state index in [9.17, 15) is 9.59 Å². The summed E-state index contributed by atoms with van der Waals surface area (Å²) in [6, 6.07) is -0.0864. The highest BCUT2D eigenvalue weighted by Crippen LogP contribution is 2.22. The van der Waals surface area contributed by atoms with Crippen LogP contribution in [0.2, 0.25) is 0 Å². The normalized spacial score (nSPS) is 25.6. The lowest BCUT2D eigenvalue weighted by molar-refractivity contribution is -0.143. The van der Waals surface area contributed by atoms with Crippen LogP contribution in [0.25, 0.3) is 0 Å². The number of carboxylic acids is 1. The van der Waals surface area contributed by atoms with Gasteiger partial charge in [-0.05, 0) is 26.0 Å². The number of urea groups is 1. The maximum Gasteiger partial charge on any atom is 0.317 e. The van der Waals surface area contributed by atoms with Gasteiger partial charge in [0.2, 0.25) is 0 Å². The minimum absolute atomic E-state index is 0.00978. The van der Waals surface area contributed by atoms with Gasteiger partial charge in [-0.1, -0.05) is 6.92 Å². The molecule has 3 unspecified atom stereocenters. The highest BCUT2D eigenvalue weighted by atomic mass is 32.2. The number of thioether (sulfide) groups is 1. The Labute approximate surface area is 112 Å². The first-order chi connectivity index (χ1) is 8.45. The Morgan fingerprint density at radius 3 is 2.72 bits per heavy atom. The molecular formula is C12H22N2O3S. The fraction of sp³-hybridized carbons (Fsp3) is 0.833. The van der Waals surface area contributed by atoms with Gasteiger partial charge in [0.25, 0.3) is 0 Å². The molecule has 1 saturated heterocycles. The maximum atomic E-state index is 12.0. The van der Waals surface area contributed by atoms with E-state index < -0.39 is 5.97 Å². The molecule has 0 spiro atoms. The maximum absolute atomic E-state index is 12.0. The zero-order valence-corrected chi connectivity index (χ0v) is 12.0. The Morgan fingerprint density at radius 2 is 2.22 bits per heavy atom. The summed E-state index contributed by atoms with van der Waals surface area (Å²) in [5, 5.41) is 12.3. The van der Waals surface area contributed by atoms with Crippen LogP contribution in [0.3, 0.4) is 0 Å². The van der Waals surface area contributed by atoms with Crippen LogP contribution in [0.15, 0.2) is 0 Å². The Balaban J connectivity index is 2.43. The third-order valence-electron chi connectivity index (χ3n) is 3.43. The van der Waals surface area contributed by atoms with E-state index in [4.69, 9.17) is 5.11 Å². The van der Waals surface area contributed by atoms with Crippen molar-refractivity contribution in [2.24, 2.45) is 5.92 Å². The van der Waals surface area contributed by atoms with E-state index in [0.717, 1.165) is 0 Å². The van der Waals surface area contributed by atoms with Gasteiger partial charge in [0.05, 0.1) is 5.92 Å². The summed E-state index contributed by atoms with van der Waals surface area (Å²) < 4.78 is 0. The Bertz CT molecular complexity index is 312. The third kappa shape index (κ3) is 4.08. The lowest BCUT2D eigenvalue weighted by Crippen LogP contribution is -2.51. The SMILES string of the molecule is CSC(C)CNC(=O)N1CCC(C(=O)O)CC1C. The molecule has 0 aromatic rings. The van der Waals surface area contributed by atoms with Crippen molar-refractivity contribution in [3.05, 3.63) is 0 Å². The molecule has 0 aromatic carbocycles. The number of hydrogen-bond donors (Lipinski definition) is 2. The average Bonchev–Trinajstić information content (AvgIpc) is 2.35. The van der Waals surface area contributed by atoms with Gasteiger partial charge in [-0.2, -0.15) is 11.8 Å². The van der Waals surface area contributed by atoms with Gasteiger partial charge >= 0.3 is 12.0 Å². The van der Waals surface area contributed by atoms with Crippen LogP contribution in [0.4, 0.5) is 4.79 Å². The van der Waals surface area contributed by atoms with E-state index in [0.29, 0.717) is 31.2 Å². The van der Waals surface area contributed by atoms with Crippen LogP contribution in [-0.4, -0.2) is 52.6 Å². The number of carbonyl (C=O) groups excluding carboxylic acids is 1. The monoisotopic (exact) mass is 274 g/mol. The van der Waals surface area contributed by atoms with Crippen LogP contribution in [0, 0.1) is 5.92 Å². The molecule has 3 atom stereocenters. The number of aliphatic carboxylic acids is 1. The van der Waals surface area contributed by atoms with Crippen molar-refractivity contribution in [3.63, 3.8) is 0 Å². The molecule has 2 N–H and O–H groups in total. The van der Waals surface area contributed by atoms with Gasteiger partial charge in [-0.15, -0.1) is 0 Å². The average molecular weight is 274 g/mol. The smallest absolute Gasteiger partial charge is 0.317 e. The minimum atomic E-state index is -0.752. The molecule has 5 nitrogen and oxygen atoms in total. The summed E-state index contributed by atoms with van der Waals surface area (Å²) in [5.41, 5.74) is 0. The molecule has 2 amide bonds. The number of amides is 2. The van der Waals surface area contributed by atoms with E-state index in [2.05, 4.69) is 12.2 Å². The summed E-state index contributed by atoms with van der Waals surface area (Å²) >= 11 is 1.71. The van der Waals surface area contributed by atoms with Crippen molar-refractivity contribution < 1.29 is 14.7 Å². The lowest BCUT2D eigenvalue weighted by atomic mass is 9.92. The Kier molecular flexibility index (Phi) is 5.78. The summed E-state index contributed by atoms with van der Waals surface area (Å²) in [5.74, 6) is -1.06. The number of hydrogen-bond acceptors (Lipinski definition) is 3. The molecule has 0 bridgehead atoms. The van der Waals surface area contributed by atoms with Gasteiger partial charge < -0.3 is 15.3 Å². The molecule has 1 heterocycles. The minimum Gasteiger partial charge on any atom is -0.481 e. The molecule has 1 aliphatic rings. The quantitative estimate of drug-likeness (QED) is 0.817. The molecule has 1 aliphatic heterocycles. The standard InChI is InChI=1S/C12H22N2O3S/c1-8-6-10(11(15)16)4-5-14(8)12(17)13-7-9(2)18-3/h8-10H,4-7H2,1-3H3,(H,13,17)(H,15,16). The first-order valence-corrected chi connectivity index (χ1v) is 7.54. The number of nitrogens with one attached hydrogen (secondary N) is 1. The van der Waals surface area contributed by atoms with Crippen molar-refractivity contribution in [1.82, 2.24) is 10.2 Å². The molecule has 1 fully saturated rings. The van der Waals surface area contributed by atoms with Crippen LogP contribution in [0.1, 0.15) is 26.7 Å². The van der Waals surface area contributed by atoms with E-state index in [1.165, 1.54) is 0 Å². The molecule has 0 aliphatic carbocycles. The van der Waals surface area contributed by atoms with Crippen LogP contribution in [-0.2, 0) is 4.79 Å². The van der Waals surface area contributed by atoms with E-state index in [-0.39, 0.29) is 18.0 Å². The Morgan fingerprint density at radius 1 is 1.56 bits per heavy atom. The first-order valence-electron chi connectivity index (χ1n) is 6.25. The number of likely N-dealkylation sites (tertiary alicyclic amines) is 1. The van der Waals surface area contributed by atoms with Crippen molar-refractivity contribution in [2.75, 3.05) is 19.3 Å². The van der Waals surface area contributed by atoms with Gasteiger partial charge in [0.15, 0.2) is 0 Å². The summed E-state index contributed by atoms with van der Waals surface area (Å²) in [6.45, 7) is 5.14. The number of carboxylic acid groups (broad SMARTS) is 1. The Hall–Kier alpha value is -0.910. The summed E-state index contributed by atoms with van der Waals surface area (Å²) in [7, 11) is 0. The van der Waals surface area contributed by atoms with Crippen LogP contribution >= 0.6 is 11.8 Å². The number of nitrogens with zero attached hydrogens (tertiary/aromatic N) is 1. The van der Waals surface area contributed by atoms with Crippen molar-refractivity contribution in [3.8, 4) is 0 Å². The van der Waals surface area contributed by atoms with E-state index in [1.54, 1.807) is 16.7 Å². The zero-order valence-electron chi connectivity index (χ0n) is 11.2. The second kappa shape index (κ2) is 6.87. The molecule has 18 heavy (non-hydrogen) atoms. The topological polar surface area (TPSA) is 69.6 Å². The van der Waals surface area contributed by atoms with E-state index in [1.807, 2.05) is 13.2 Å². The van der Waals surface area contributed by atoms with Gasteiger partial charge in [-0.25, -0.2) is 4.79 Å². The fourth-order valence-electron chi connectivity index (χ4n) is 2.11. The second-order valence-electron chi connectivity index (χ2n) is 4.83. The predicted octanol–water partition coefficient (Wildman–Crippen LogP) is 1.63.